The van der Waals surface area contributed by atoms with Crippen LogP contribution in [0, 0.1) is 0 Å². The van der Waals surface area contributed by atoms with Crippen molar-refractivity contribution in [1.29, 1.82) is 0 Å². The molecule has 2 rings (SSSR count). The van der Waals surface area contributed by atoms with Gasteiger partial charge < -0.3 is 15.0 Å². The lowest BCUT2D eigenvalue weighted by Crippen LogP contribution is -2.40. The van der Waals surface area contributed by atoms with Crippen LogP contribution in [0.15, 0.2) is 18.2 Å². The quantitative estimate of drug-likeness (QED) is 0.801. The molecular weight excluding hydrogens is 292 g/mol. The number of rotatable bonds is 8. The van der Waals surface area contributed by atoms with Gasteiger partial charge in [-0.2, -0.15) is 0 Å². The minimum Gasteiger partial charge on any atom is -0.385 e. The van der Waals surface area contributed by atoms with E-state index < -0.39 is 6.04 Å². The smallest absolute Gasteiger partial charge is 0.255 e. The summed E-state index contributed by atoms with van der Waals surface area (Å²) in [6, 6.07) is 5.17. The van der Waals surface area contributed by atoms with E-state index in [0.29, 0.717) is 24.9 Å². The van der Waals surface area contributed by atoms with Crippen LogP contribution in [0.4, 0.5) is 5.69 Å². The molecule has 5 heteroatoms. The molecule has 1 aromatic rings. The average molecular weight is 316 g/mol. The number of fused-ring (bicyclic) bond motifs is 1. The van der Waals surface area contributed by atoms with Crippen LogP contribution >= 0.6 is 0 Å². The highest BCUT2D eigenvalue weighted by molar-refractivity contribution is 6.01. The third-order valence-corrected chi connectivity index (χ3v) is 4.13. The summed E-state index contributed by atoms with van der Waals surface area (Å²) in [4.78, 5) is 37.3. The number of carbonyl (C=O) groups excluding carboxylic acids is 3. The van der Waals surface area contributed by atoms with Crippen molar-refractivity contribution < 1.29 is 14.4 Å². The summed E-state index contributed by atoms with van der Waals surface area (Å²) in [7, 11) is 0. The molecule has 0 aliphatic carbocycles. The van der Waals surface area contributed by atoms with E-state index in [1.54, 1.807) is 4.90 Å². The number of nitrogens with one attached hydrogen (secondary N) is 1. The summed E-state index contributed by atoms with van der Waals surface area (Å²) in [5.74, 6) is -0.158. The second-order valence-corrected chi connectivity index (χ2v) is 6.10. The van der Waals surface area contributed by atoms with Gasteiger partial charge >= 0.3 is 0 Å². The van der Waals surface area contributed by atoms with Crippen LogP contribution in [0.2, 0.25) is 0 Å². The van der Waals surface area contributed by atoms with Crippen molar-refractivity contribution in [3.05, 3.63) is 29.3 Å². The van der Waals surface area contributed by atoms with Gasteiger partial charge in [-0.3, -0.25) is 9.59 Å². The van der Waals surface area contributed by atoms with Crippen LogP contribution in [0.5, 0.6) is 0 Å². The first-order valence-corrected chi connectivity index (χ1v) is 8.11. The number of benzene rings is 1. The highest BCUT2D eigenvalue weighted by Crippen LogP contribution is 2.28. The van der Waals surface area contributed by atoms with Gasteiger partial charge in [-0.1, -0.05) is 6.92 Å². The summed E-state index contributed by atoms with van der Waals surface area (Å²) in [5, 5.41) is 3.30. The SMILES string of the molecule is CCCNc1ccc2c(c1)CN(C(CCC(C)=O)C(C)=O)C2=O. The molecule has 1 aromatic carbocycles. The zero-order chi connectivity index (χ0) is 17.0. The standard InChI is InChI=1S/C18H24N2O3/c1-4-9-19-15-6-7-16-14(10-15)11-20(18(16)23)17(13(3)22)8-5-12(2)21/h6-7,10,17,19H,4-5,8-9,11H2,1-3H3. The second kappa shape index (κ2) is 7.40. The van der Waals surface area contributed by atoms with Crippen molar-refractivity contribution in [2.24, 2.45) is 0 Å². The molecule has 0 bridgehead atoms. The predicted octanol–water partition coefficient (Wildman–Crippen LogP) is 2.79. The van der Waals surface area contributed by atoms with Gasteiger partial charge in [0.15, 0.2) is 5.78 Å². The second-order valence-electron chi connectivity index (χ2n) is 6.10. The maximum absolute atomic E-state index is 12.6. The van der Waals surface area contributed by atoms with Gasteiger partial charge in [-0.15, -0.1) is 0 Å². The van der Waals surface area contributed by atoms with Crippen LogP contribution in [0.3, 0.4) is 0 Å². The Labute approximate surface area is 137 Å². The fourth-order valence-corrected chi connectivity index (χ4v) is 2.89. The summed E-state index contributed by atoms with van der Waals surface area (Å²) in [6.07, 6.45) is 1.73. The van der Waals surface area contributed by atoms with E-state index in [1.807, 2.05) is 18.2 Å². The molecule has 0 aromatic heterocycles. The van der Waals surface area contributed by atoms with E-state index in [1.165, 1.54) is 13.8 Å². The summed E-state index contributed by atoms with van der Waals surface area (Å²) < 4.78 is 0. The van der Waals surface area contributed by atoms with Crippen molar-refractivity contribution in [3.8, 4) is 0 Å². The molecule has 5 nitrogen and oxygen atoms in total. The molecule has 0 fully saturated rings. The Morgan fingerprint density at radius 1 is 1.30 bits per heavy atom. The summed E-state index contributed by atoms with van der Waals surface area (Å²) >= 11 is 0. The fraction of sp³-hybridized carbons (Fsp3) is 0.500. The predicted molar refractivity (Wildman–Crippen MR) is 89.5 cm³/mol. The number of anilines is 1. The molecule has 1 unspecified atom stereocenters. The first kappa shape index (κ1) is 17.2. The molecule has 0 saturated carbocycles. The molecule has 0 radical (unpaired) electrons. The molecule has 1 atom stereocenters. The van der Waals surface area contributed by atoms with Crippen LogP contribution < -0.4 is 5.32 Å². The number of hydrogen-bond acceptors (Lipinski definition) is 4. The Hall–Kier alpha value is -2.17. The van der Waals surface area contributed by atoms with E-state index in [0.717, 1.165) is 24.2 Å². The monoisotopic (exact) mass is 316 g/mol. The van der Waals surface area contributed by atoms with Crippen molar-refractivity contribution in [2.75, 3.05) is 11.9 Å². The largest absolute Gasteiger partial charge is 0.385 e. The molecule has 23 heavy (non-hydrogen) atoms. The maximum atomic E-state index is 12.6. The number of carbonyl (C=O) groups is 3. The summed E-state index contributed by atoms with van der Waals surface area (Å²) in [5.41, 5.74) is 2.58. The van der Waals surface area contributed by atoms with Gasteiger partial charge in [0.1, 0.15) is 5.78 Å². The lowest BCUT2D eigenvalue weighted by molar-refractivity contribution is -0.122. The van der Waals surface area contributed by atoms with E-state index in [4.69, 9.17) is 0 Å². The molecule has 0 spiro atoms. The minimum atomic E-state index is -0.522. The molecule has 124 valence electrons. The first-order valence-electron chi connectivity index (χ1n) is 8.11. The third-order valence-electron chi connectivity index (χ3n) is 4.13. The molecule has 1 aliphatic heterocycles. The Balaban J connectivity index is 2.17. The van der Waals surface area contributed by atoms with Crippen molar-refractivity contribution in [2.45, 2.75) is 52.6 Å². The van der Waals surface area contributed by atoms with Crippen molar-refractivity contribution >= 4 is 23.2 Å². The zero-order valence-electron chi connectivity index (χ0n) is 14.0. The number of Topliss-reactive ketones (excluding diaryl/α,β-unsaturated/α-hetero) is 2. The Morgan fingerprint density at radius 2 is 2.04 bits per heavy atom. The van der Waals surface area contributed by atoms with Crippen LogP contribution in [0.1, 0.15) is 56.0 Å². The molecular formula is C18H24N2O3. The molecule has 1 amide bonds. The number of ketones is 2. The summed E-state index contributed by atoms with van der Waals surface area (Å²) in [6.45, 7) is 6.39. The lowest BCUT2D eigenvalue weighted by Gasteiger charge is -2.25. The highest BCUT2D eigenvalue weighted by atomic mass is 16.2. The van der Waals surface area contributed by atoms with E-state index >= 15 is 0 Å². The molecule has 1 heterocycles. The van der Waals surface area contributed by atoms with Gasteiger partial charge in [-0.05, 0) is 50.5 Å². The van der Waals surface area contributed by atoms with Gasteiger partial charge in [-0.25, -0.2) is 0 Å². The number of hydrogen-bond donors (Lipinski definition) is 1. The van der Waals surface area contributed by atoms with Gasteiger partial charge in [0.2, 0.25) is 0 Å². The van der Waals surface area contributed by atoms with Crippen LogP contribution in [-0.4, -0.2) is 35.0 Å². The third kappa shape index (κ3) is 3.97. The van der Waals surface area contributed by atoms with E-state index in [-0.39, 0.29) is 17.5 Å². The maximum Gasteiger partial charge on any atom is 0.255 e. The lowest BCUT2D eigenvalue weighted by atomic mass is 10.0. The molecule has 1 N–H and O–H groups in total. The van der Waals surface area contributed by atoms with Gasteiger partial charge in [0.05, 0.1) is 6.04 Å². The molecule has 0 saturated heterocycles. The highest BCUT2D eigenvalue weighted by Gasteiger charge is 2.34. The van der Waals surface area contributed by atoms with Crippen molar-refractivity contribution in [3.63, 3.8) is 0 Å². The minimum absolute atomic E-state index is 0.0338. The van der Waals surface area contributed by atoms with Crippen LogP contribution in [0.25, 0.3) is 0 Å². The van der Waals surface area contributed by atoms with E-state index in [2.05, 4.69) is 12.2 Å². The zero-order valence-corrected chi connectivity index (χ0v) is 14.0. The normalized spacial score (nSPS) is 14.6. The van der Waals surface area contributed by atoms with Crippen LogP contribution in [-0.2, 0) is 16.1 Å². The Morgan fingerprint density at radius 3 is 2.65 bits per heavy atom. The van der Waals surface area contributed by atoms with Gasteiger partial charge in [0.25, 0.3) is 5.91 Å². The Kier molecular flexibility index (Phi) is 5.53. The Bertz CT molecular complexity index is 625. The number of nitrogens with zero attached hydrogens (tertiary/aromatic N) is 1. The fourth-order valence-electron chi connectivity index (χ4n) is 2.89. The average Bonchev–Trinajstić information content (AvgIpc) is 2.81. The van der Waals surface area contributed by atoms with Crippen molar-refractivity contribution in [1.82, 2.24) is 4.90 Å². The van der Waals surface area contributed by atoms with Gasteiger partial charge in [0, 0.05) is 30.8 Å². The number of amides is 1. The first-order chi connectivity index (χ1) is 10.9. The topological polar surface area (TPSA) is 66.5 Å². The van der Waals surface area contributed by atoms with E-state index in [9.17, 15) is 14.4 Å². The molecule has 1 aliphatic rings.